The van der Waals surface area contributed by atoms with E-state index in [-0.39, 0.29) is 0 Å². The van der Waals surface area contributed by atoms with Crippen molar-refractivity contribution in [2.45, 2.75) is 26.7 Å². The number of carboxylic acids is 1. The van der Waals surface area contributed by atoms with Crippen molar-refractivity contribution in [3.8, 4) is 5.75 Å². The zero-order chi connectivity index (χ0) is 14.4. The fourth-order valence-corrected chi connectivity index (χ4v) is 1.80. The highest BCUT2D eigenvalue weighted by molar-refractivity contribution is 5.80. The van der Waals surface area contributed by atoms with E-state index in [0.717, 1.165) is 28.5 Å². The minimum absolute atomic E-state index is 0.372. The molecule has 1 rings (SSSR count). The van der Waals surface area contributed by atoms with Crippen LogP contribution in [0, 0.1) is 0 Å². The molecule has 102 valence electrons. The highest BCUT2D eigenvalue weighted by Crippen LogP contribution is 2.29. The van der Waals surface area contributed by atoms with Gasteiger partial charge in [0.1, 0.15) is 5.75 Å². The summed E-state index contributed by atoms with van der Waals surface area (Å²) >= 11 is 0. The number of carbonyl (C=O) groups is 1. The summed E-state index contributed by atoms with van der Waals surface area (Å²) in [4.78, 5) is 10.4. The van der Waals surface area contributed by atoms with Gasteiger partial charge in [-0.15, -0.1) is 0 Å². The standard InChI is InChI=1S/C16H20O3/c1-11(2)14-10-13(8-9-15(14)19-4)12(3)6-5-7-16(17)18/h5-11H,1-4H3,(H,17,18)/b7-5+,12-6+. The maximum absolute atomic E-state index is 10.4. The Balaban J connectivity index is 3.08. The summed E-state index contributed by atoms with van der Waals surface area (Å²) in [5.41, 5.74) is 3.23. The molecule has 1 aromatic rings. The molecule has 0 unspecified atom stereocenters. The third-order valence-electron chi connectivity index (χ3n) is 2.89. The molecule has 0 heterocycles. The zero-order valence-electron chi connectivity index (χ0n) is 11.8. The van der Waals surface area contributed by atoms with Crippen LogP contribution in [0.15, 0.2) is 36.4 Å². The van der Waals surface area contributed by atoms with Gasteiger partial charge in [-0.3, -0.25) is 0 Å². The Hall–Kier alpha value is -2.03. The quantitative estimate of drug-likeness (QED) is 0.646. The third kappa shape index (κ3) is 4.28. The summed E-state index contributed by atoms with van der Waals surface area (Å²) in [6, 6.07) is 6.01. The van der Waals surface area contributed by atoms with Crippen LogP contribution in [0.5, 0.6) is 5.75 Å². The monoisotopic (exact) mass is 260 g/mol. The number of hydrogen-bond acceptors (Lipinski definition) is 2. The van der Waals surface area contributed by atoms with Crippen LogP contribution >= 0.6 is 0 Å². The Bertz CT molecular complexity index is 511. The Morgan fingerprint density at radius 1 is 1.37 bits per heavy atom. The molecule has 0 fully saturated rings. The van der Waals surface area contributed by atoms with Gasteiger partial charge in [0.05, 0.1) is 7.11 Å². The van der Waals surface area contributed by atoms with Gasteiger partial charge in [0, 0.05) is 6.08 Å². The van der Waals surface area contributed by atoms with Gasteiger partial charge in [0.15, 0.2) is 0 Å². The van der Waals surface area contributed by atoms with Crippen LogP contribution in [0.2, 0.25) is 0 Å². The Kier molecular flexibility index (Phi) is 5.37. The van der Waals surface area contributed by atoms with Gasteiger partial charge >= 0.3 is 5.97 Å². The van der Waals surface area contributed by atoms with Crippen molar-refractivity contribution in [2.75, 3.05) is 7.11 Å². The number of hydrogen-bond donors (Lipinski definition) is 1. The fourth-order valence-electron chi connectivity index (χ4n) is 1.80. The molecule has 0 spiro atoms. The van der Waals surface area contributed by atoms with Crippen LogP contribution in [0.4, 0.5) is 0 Å². The van der Waals surface area contributed by atoms with Crippen molar-refractivity contribution in [3.05, 3.63) is 47.6 Å². The number of benzene rings is 1. The molecule has 3 nitrogen and oxygen atoms in total. The summed E-state index contributed by atoms with van der Waals surface area (Å²) in [5, 5.41) is 8.55. The van der Waals surface area contributed by atoms with Crippen LogP contribution < -0.4 is 4.74 Å². The molecular formula is C16H20O3. The molecule has 0 amide bonds. The second-order valence-electron chi connectivity index (χ2n) is 4.66. The summed E-state index contributed by atoms with van der Waals surface area (Å²) in [6.45, 7) is 6.19. The predicted molar refractivity (Wildman–Crippen MR) is 77.5 cm³/mol. The molecule has 0 saturated heterocycles. The molecule has 3 heteroatoms. The van der Waals surface area contributed by atoms with Crippen molar-refractivity contribution < 1.29 is 14.6 Å². The molecule has 0 aliphatic rings. The van der Waals surface area contributed by atoms with Gasteiger partial charge in [-0.05, 0) is 41.7 Å². The smallest absolute Gasteiger partial charge is 0.328 e. The lowest BCUT2D eigenvalue weighted by atomic mass is 9.96. The van der Waals surface area contributed by atoms with Crippen molar-refractivity contribution in [2.24, 2.45) is 0 Å². The second kappa shape index (κ2) is 6.78. The molecule has 1 aromatic carbocycles. The average molecular weight is 260 g/mol. The number of carboxylic acid groups (broad SMARTS) is 1. The third-order valence-corrected chi connectivity index (χ3v) is 2.89. The van der Waals surface area contributed by atoms with Crippen LogP contribution in [-0.4, -0.2) is 18.2 Å². The van der Waals surface area contributed by atoms with Crippen LogP contribution in [0.3, 0.4) is 0 Å². The summed E-state index contributed by atoms with van der Waals surface area (Å²) in [6.07, 6.45) is 4.45. The first kappa shape index (κ1) is 15.0. The Morgan fingerprint density at radius 2 is 2.05 bits per heavy atom. The zero-order valence-corrected chi connectivity index (χ0v) is 11.8. The first-order valence-electron chi connectivity index (χ1n) is 6.22. The maximum Gasteiger partial charge on any atom is 0.328 e. The molecular weight excluding hydrogens is 240 g/mol. The van der Waals surface area contributed by atoms with E-state index in [1.54, 1.807) is 13.2 Å². The maximum atomic E-state index is 10.4. The summed E-state index contributed by atoms with van der Waals surface area (Å²) in [7, 11) is 1.67. The fraction of sp³-hybridized carbons (Fsp3) is 0.312. The highest BCUT2D eigenvalue weighted by Gasteiger charge is 2.08. The average Bonchev–Trinajstić information content (AvgIpc) is 2.37. The second-order valence-corrected chi connectivity index (χ2v) is 4.66. The van der Waals surface area contributed by atoms with E-state index in [2.05, 4.69) is 19.9 Å². The van der Waals surface area contributed by atoms with Gasteiger partial charge in [0.2, 0.25) is 0 Å². The van der Waals surface area contributed by atoms with E-state index < -0.39 is 5.97 Å². The largest absolute Gasteiger partial charge is 0.496 e. The molecule has 1 N–H and O–H groups in total. The number of methoxy groups -OCH3 is 1. The first-order chi connectivity index (χ1) is 8.95. The van der Waals surface area contributed by atoms with Crippen LogP contribution in [0.1, 0.15) is 37.8 Å². The molecule has 0 aliphatic carbocycles. The van der Waals surface area contributed by atoms with Gasteiger partial charge in [-0.2, -0.15) is 0 Å². The van der Waals surface area contributed by atoms with Gasteiger partial charge in [0.25, 0.3) is 0 Å². The van der Waals surface area contributed by atoms with Gasteiger partial charge in [-0.25, -0.2) is 4.79 Å². The molecule has 0 bridgehead atoms. The van der Waals surface area contributed by atoms with Gasteiger partial charge in [-0.1, -0.05) is 32.1 Å². The van der Waals surface area contributed by atoms with Crippen LogP contribution in [0.25, 0.3) is 5.57 Å². The minimum Gasteiger partial charge on any atom is -0.496 e. The SMILES string of the molecule is COc1ccc(/C(C)=C/C=C/C(=O)O)cc1C(C)C. The van der Waals surface area contributed by atoms with Crippen molar-refractivity contribution in [1.29, 1.82) is 0 Å². The normalized spacial score (nSPS) is 12.2. The van der Waals surface area contributed by atoms with Crippen molar-refractivity contribution >= 4 is 11.5 Å². The lowest BCUT2D eigenvalue weighted by Crippen LogP contribution is -1.95. The van der Waals surface area contributed by atoms with Crippen molar-refractivity contribution in [1.82, 2.24) is 0 Å². The van der Waals surface area contributed by atoms with E-state index in [1.807, 2.05) is 19.1 Å². The topological polar surface area (TPSA) is 46.5 Å². The van der Waals surface area contributed by atoms with Gasteiger partial charge < -0.3 is 9.84 Å². The highest BCUT2D eigenvalue weighted by atomic mass is 16.5. The molecule has 0 saturated carbocycles. The van der Waals surface area contributed by atoms with E-state index in [9.17, 15) is 4.79 Å². The van der Waals surface area contributed by atoms with E-state index in [0.29, 0.717) is 5.92 Å². The number of ether oxygens (including phenoxy) is 1. The Morgan fingerprint density at radius 3 is 2.58 bits per heavy atom. The lowest BCUT2D eigenvalue weighted by Gasteiger charge is -2.13. The first-order valence-corrected chi connectivity index (χ1v) is 6.22. The summed E-state index contributed by atoms with van der Waals surface area (Å²) in [5.74, 6) is 0.312. The van der Waals surface area contributed by atoms with Crippen molar-refractivity contribution in [3.63, 3.8) is 0 Å². The number of aliphatic carboxylic acids is 1. The van der Waals surface area contributed by atoms with E-state index in [4.69, 9.17) is 9.84 Å². The number of rotatable bonds is 5. The van der Waals surface area contributed by atoms with E-state index >= 15 is 0 Å². The minimum atomic E-state index is -0.943. The lowest BCUT2D eigenvalue weighted by molar-refractivity contribution is -0.131. The summed E-state index contributed by atoms with van der Waals surface area (Å²) < 4.78 is 5.34. The van der Waals surface area contributed by atoms with Crippen LogP contribution in [-0.2, 0) is 4.79 Å². The molecule has 0 aliphatic heterocycles. The molecule has 0 aromatic heterocycles. The van der Waals surface area contributed by atoms with E-state index in [1.165, 1.54) is 6.08 Å². The predicted octanol–water partition coefficient (Wildman–Crippen LogP) is 3.86. The molecule has 0 radical (unpaired) electrons. The Labute approximate surface area is 114 Å². The number of allylic oxidation sites excluding steroid dienone is 3. The molecule has 0 atom stereocenters. The molecule has 19 heavy (non-hydrogen) atoms.